The average molecular weight is 444 g/mol. The Morgan fingerprint density at radius 1 is 1.07 bits per heavy atom. The fourth-order valence-electron chi connectivity index (χ4n) is 2.32. The zero-order valence-electron chi connectivity index (χ0n) is 14.2. The van der Waals surface area contributed by atoms with Gasteiger partial charge in [-0.25, -0.2) is 5.43 Å². The summed E-state index contributed by atoms with van der Waals surface area (Å²) in [5.41, 5.74) is 4.76. The summed E-state index contributed by atoms with van der Waals surface area (Å²) in [6, 6.07) is 22.1. The van der Waals surface area contributed by atoms with E-state index in [4.69, 9.17) is 16.3 Å². The Hall–Kier alpha value is -2.63. The molecule has 0 aliphatic carbocycles. The molecule has 0 saturated carbocycles. The van der Waals surface area contributed by atoms with Crippen LogP contribution in [0.4, 0.5) is 0 Å². The van der Waals surface area contributed by atoms with E-state index in [0.29, 0.717) is 22.9 Å². The lowest BCUT2D eigenvalue weighted by Crippen LogP contribution is -2.17. The van der Waals surface area contributed by atoms with E-state index in [2.05, 4.69) is 26.5 Å². The van der Waals surface area contributed by atoms with Crippen LogP contribution in [0.1, 0.15) is 21.5 Å². The standard InChI is InChI=1S/C21H16BrClN2O2/c22-18-8-4-7-16(12-18)21(26)25-24-13-15-5-3-9-19(11-15)27-14-17-6-1-2-10-20(17)23/h1-13H,14H2,(H,25,26)/b24-13-. The highest BCUT2D eigenvalue weighted by Crippen LogP contribution is 2.19. The number of hydrogen-bond donors (Lipinski definition) is 1. The molecule has 0 saturated heterocycles. The van der Waals surface area contributed by atoms with Crippen LogP contribution in [0.5, 0.6) is 5.75 Å². The molecule has 6 heteroatoms. The van der Waals surface area contributed by atoms with Gasteiger partial charge in [-0.3, -0.25) is 4.79 Å². The van der Waals surface area contributed by atoms with Crippen LogP contribution in [-0.2, 0) is 6.61 Å². The number of ether oxygens (including phenoxy) is 1. The lowest BCUT2D eigenvalue weighted by atomic mass is 10.2. The zero-order valence-corrected chi connectivity index (χ0v) is 16.6. The Labute approximate surface area is 171 Å². The third-order valence-electron chi connectivity index (χ3n) is 3.68. The lowest BCUT2D eigenvalue weighted by Gasteiger charge is -2.08. The van der Waals surface area contributed by atoms with Gasteiger partial charge in [0.1, 0.15) is 12.4 Å². The van der Waals surface area contributed by atoms with Crippen LogP contribution in [0, 0.1) is 0 Å². The van der Waals surface area contributed by atoms with Crippen LogP contribution in [0.25, 0.3) is 0 Å². The second kappa shape index (κ2) is 9.35. The van der Waals surface area contributed by atoms with Crippen LogP contribution in [-0.4, -0.2) is 12.1 Å². The molecule has 0 unspecified atom stereocenters. The number of nitrogens with zero attached hydrogens (tertiary/aromatic N) is 1. The smallest absolute Gasteiger partial charge is 0.271 e. The summed E-state index contributed by atoms with van der Waals surface area (Å²) < 4.78 is 6.62. The van der Waals surface area contributed by atoms with Gasteiger partial charge in [0.2, 0.25) is 0 Å². The summed E-state index contributed by atoms with van der Waals surface area (Å²) in [5, 5.41) is 4.68. The van der Waals surface area contributed by atoms with Crippen molar-refractivity contribution in [3.8, 4) is 5.75 Å². The Kier molecular flexibility index (Phi) is 6.63. The number of amides is 1. The number of carbonyl (C=O) groups excluding carboxylic acids is 1. The number of hydrogen-bond acceptors (Lipinski definition) is 3. The molecule has 0 aromatic heterocycles. The normalized spacial score (nSPS) is 10.7. The van der Waals surface area contributed by atoms with Gasteiger partial charge in [-0.15, -0.1) is 0 Å². The summed E-state index contributed by atoms with van der Waals surface area (Å²) >= 11 is 9.47. The van der Waals surface area contributed by atoms with E-state index in [0.717, 1.165) is 15.6 Å². The molecule has 0 bridgehead atoms. The van der Waals surface area contributed by atoms with Crippen LogP contribution < -0.4 is 10.2 Å². The van der Waals surface area contributed by atoms with Gasteiger partial charge in [0, 0.05) is 20.6 Å². The molecule has 0 spiro atoms. The van der Waals surface area contributed by atoms with Crippen molar-refractivity contribution >= 4 is 39.7 Å². The quantitative estimate of drug-likeness (QED) is 0.407. The first-order valence-electron chi connectivity index (χ1n) is 8.17. The van der Waals surface area contributed by atoms with Crippen LogP contribution in [0.15, 0.2) is 82.4 Å². The molecule has 136 valence electrons. The van der Waals surface area contributed by atoms with Crippen LogP contribution in [0.2, 0.25) is 5.02 Å². The van der Waals surface area contributed by atoms with Crippen molar-refractivity contribution in [2.45, 2.75) is 6.61 Å². The maximum absolute atomic E-state index is 12.1. The average Bonchev–Trinajstić information content (AvgIpc) is 2.68. The van der Waals surface area contributed by atoms with Crippen molar-refractivity contribution < 1.29 is 9.53 Å². The molecule has 1 N–H and O–H groups in total. The molecular formula is C21H16BrClN2O2. The van der Waals surface area contributed by atoms with E-state index in [1.54, 1.807) is 24.4 Å². The monoisotopic (exact) mass is 442 g/mol. The molecule has 0 heterocycles. The number of nitrogens with one attached hydrogen (secondary N) is 1. The number of benzene rings is 3. The van der Waals surface area contributed by atoms with Crippen LogP contribution in [0.3, 0.4) is 0 Å². The maximum atomic E-state index is 12.1. The fourth-order valence-corrected chi connectivity index (χ4v) is 2.91. The summed E-state index contributed by atoms with van der Waals surface area (Å²) in [6.07, 6.45) is 1.57. The van der Waals surface area contributed by atoms with Crippen LogP contribution >= 0.6 is 27.5 Å². The van der Waals surface area contributed by atoms with Gasteiger partial charge in [0.15, 0.2) is 0 Å². The largest absolute Gasteiger partial charge is 0.489 e. The minimum atomic E-state index is -0.279. The van der Waals surface area contributed by atoms with E-state index in [1.165, 1.54) is 0 Å². The topological polar surface area (TPSA) is 50.7 Å². The predicted octanol–water partition coefficient (Wildman–Crippen LogP) is 5.45. The van der Waals surface area contributed by atoms with Gasteiger partial charge in [-0.05, 0) is 42.0 Å². The van der Waals surface area contributed by atoms with Crippen molar-refractivity contribution in [2.24, 2.45) is 5.10 Å². The number of rotatable bonds is 6. The highest BCUT2D eigenvalue weighted by atomic mass is 79.9. The Morgan fingerprint density at radius 3 is 2.70 bits per heavy atom. The van der Waals surface area contributed by atoms with E-state index in [-0.39, 0.29) is 5.91 Å². The Morgan fingerprint density at radius 2 is 1.89 bits per heavy atom. The van der Waals surface area contributed by atoms with Crippen molar-refractivity contribution in [1.82, 2.24) is 5.43 Å². The lowest BCUT2D eigenvalue weighted by molar-refractivity contribution is 0.0955. The molecule has 0 aliphatic rings. The van der Waals surface area contributed by atoms with E-state index >= 15 is 0 Å². The first kappa shape index (κ1) is 19.1. The first-order valence-corrected chi connectivity index (χ1v) is 9.34. The molecule has 27 heavy (non-hydrogen) atoms. The second-order valence-electron chi connectivity index (χ2n) is 5.66. The SMILES string of the molecule is O=C(N/N=C\c1cccc(OCc2ccccc2Cl)c1)c1cccc(Br)c1. The van der Waals surface area contributed by atoms with E-state index in [9.17, 15) is 4.79 Å². The molecule has 3 aromatic rings. The van der Waals surface area contributed by atoms with Crippen molar-refractivity contribution in [3.05, 3.63) is 99.0 Å². The molecule has 4 nitrogen and oxygen atoms in total. The highest BCUT2D eigenvalue weighted by molar-refractivity contribution is 9.10. The fraction of sp³-hybridized carbons (Fsp3) is 0.0476. The first-order chi connectivity index (χ1) is 13.1. The van der Waals surface area contributed by atoms with Gasteiger partial charge >= 0.3 is 0 Å². The molecule has 1 amide bonds. The predicted molar refractivity (Wildman–Crippen MR) is 111 cm³/mol. The summed E-state index contributed by atoms with van der Waals surface area (Å²) in [4.78, 5) is 12.1. The molecule has 0 atom stereocenters. The molecular weight excluding hydrogens is 428 g/mol. The Balaban J connectivity index is 1.59. The third-order valence-corrected chi connectivity index (χ3v) is 4.54. The molecule has 0 aliphatic heterocycles. The molecule has 3 rings (SSSR count). The zero-order chi connectivity index (χ0) is 19.1. The minimum Gasteiger partial charge on any atom is -0.489 e. The third kappa shape index (κ3) is 5.67. The number of hydrazone groups is 1. The summed E-state index contributed by atoms with van der Waals surface area (Å²) in [6.45, 7) is 0.375. The minimum absolute atomic E-state index is 0.279. The van der Waals surface area contributed by atoms with Gasteiger partial charge in [0.25, 0.3) is 5.91 Å². The molecule has 0 fully saturated rings. The van der Waals surface area contributed by atoms with E-state index < -0.39 is 0 Å². The number of halogens is 2. The van der Waals surface area contributed by atoms with E-state index in [1.807, 2.05) is 54.6 Å². The van der Waals surface area contributed by atoms with Gasteiger partial charge < -0.3 is 4.74 Å². The second-order valence-corrected chi connectivity index (χ2v) is 6.98. The van der Waals surface area contributed by atoms with Gasteiger partial charge in [0.05, 0.1) is 6.21 Å². The van der Waals surface area contributed by atoms with Gasteiger partial charge in [-0.1, -0.05) is 63.9 Å². The molecule has 3 aromatic carbocycles. The summed E-state index contributed by atoms with van der Waals surface area (Å²) in [7, 11) is 0. The van der Waals surface area contributed by atoms with Gasteiger partial charge in [-0.2, -0.15) is 5.10 Å². The Bertz CT molecular complexity index is 976. The molecule has 0 radical (unpaired) electrons. The number of carbonyl (C=O) groups is 1. The van der Waals surface area contributed by atoms with Crippen molar-refractivity contribution in [1.29, 1.82) is 0 Å². The maximum Gasteiger partial charge on any atom is 0.271 e. The van der Waals surface area contributed by atoms with Crippen molar-refractivity contribution in [3.63, 3.8) is 0 Å². The highest BCUT2D eigenvalue weighted by Gasteiger charge is 2.04. The van der Waals surface area contributed by atoms with Crippen molar-refractivity contribution in [2.75, 3.05) is 0 Å². The summed E-state index contributed by atoms with van der Waals surface area (Å²) in [5.74, 6) is 0.413.